The van der Waals surface area contributed by atoms with Gasteiger partial charge in [0, 0.05) is 5.92 Å². The van der Waals surface area contributed by atoms with Gasteiger partial charge in [-0.05, 0) is 5.56 Å². The van der Waals surface area contributed by atoms with Crippen molar-refractivity contribution in [1.82, 2.24) is 5.32 Å². The third-order valence-electron chi connectivity index (χ3n) is 3.09. The summed E-state index contributed by atoms with van der Waals surface area (Å²) in [5.41, 5.74) is 0.813. The number of nitrogens with one attached hydrogen (secondary N) is 1. The van der Waals surface area contributed by atoms with Gasteiger partial charge in [-0.25, -0.2) is 4.79 Å². The van der Waals surface area contributed by atoms with E-state index in [1.165, 1.54) is 6.92 Å². The zero-order chi connectivity index (χ0) is 15.8. The quantitative estimate of drug-likeness (QED) is 0.842. The van der Waals surface area contributed by atoms with Crippen molar-refractivity contribution in [2.24, 2.45) is 11.8 Å². The van der Waals surface area contributed by atoms with Gasteiger partial charge in [0.15, 0.2) is 0 Å². The number of carbonyl (C=O) groups excluding carboxylic acids is 3. The van der Waals surface area contributed by atoms with Gasteiger partial charge in [-0.1, -0.05) is 44.2 Å². The second kappa shape index (κ2) is 8.37. The summed E-state index contributed by atoms with van der Waals surface area (Å²) in [4.78, 5) is 34.6. The van der Waals surface area contributed by atoms with Gasteiger partial charge in [-0.15, -0.1) is 0 Å². The number of amides is 2. The molecule has 0 saturated heterocycles. The second-order valence-corrected chi connectivity index (χ2v) is 4.80. The number of benzene rings is 1. The van der Waals surface area contributed by atoms with Crippen molar-refractivity contribution < 1.29 is 23.6 Å². The Hall–Kier alpha value is -1.94. The number of carbonyl (C=O) groups is 3. The van der Waals surface area contributed by atoms with E-state index in [4.69, 9.17) is 4.74 Å². The van der Waals surface area contributed by atoms with Crippen LogP contribution >= 0.6 is 9.47 Å². The molecule has 1 rings (SSSR count). The molecule has 0 spiro atoms. The van der Waals surface area contributed by atoms with Gasteiger partial charge >= 0.3 is 12.1 Å². The minimum Gasteiger partial charge on any atom is -0.451 e. The molecule has 2 amide bonds. The Morgan fingerprint density at radius 3 is 2.33 bits per heavy atom. The molecule has 0 radical (unpaired) electrons. The first-order valence-electron chi connectivity index (χ1n) is 6.37. The van der Waals surface area contributed by atoms with E-state index in [1.54, 1.807) is 19.1 Å². The van der Waals surface area contributed by atoms with Gasteiger partial charge in [0.05, 0.1) is 15.4 Å². The predicted octanol–water partition coefficient (Wildman–Crippen LogP) is 2.04. The molecular weight excluding hydrogens is 293 g/mol. The summed E-state index contributed by atoms with van der Waals surface area (Å²) in [7, 11) is 1.83. The maximum atomic E-state index is 11.8. The van der Waals surface area contributed by atoms with E-state index < -0.39 is 29.8 Å². The normalized spacial score (nSPS) is 12.9. The Morgan fingerprint density at radius 1 is 1.14 bits per heavy atom. The molecule has 0 aliphatic rings. The maximum Gasteiger partial charge on any atom is 0.414 e. The van der Waals surface area contributed by atoms with Crippen LogP contribution in [0.2, 0.25) is 0 Å². The number of rotatable bonds is 5. The van der Waals surface area contributed by atoms with Crippen molar-refractivity contribution >= 4 is 27.4 Å². The van der Waals surface area contributed by atoms with Crippen LogP contribution in [-0.2, 0) is 25.5 Å². The van der Waals surface area contributed by atoms with Crippen molar-refractivity contribution in [3.8, 4) is 0 Å². The van der Waals surface area contributed by atoms with Gasteiger partial charge in [-0.3, -0.25) is 14.9 Å². The number of imide groups is 1. The van der Waals surface area contributed by atoms with Gasteiger partial charge in [0.2, 0.25) is 5.91 Å². The molecule has 0 aliphatic heterocycles. The molecule has 7 heteroatoms. The molecule has 1 aromatic rings. The molecule has 6 nitrogen and oxygen atoms in total. The highest BCUT2D eigenvalue weighted by atomic mass is 31.0. The van der Waals surface area contributed by atoms with Gasteiger partial charge < -0.3 is 9.26 Å². The van der Waals surface area contributed by atoms with Crippen LogP contribution in [0.1, 0.15) is 19.4 Å². The van der Waals surface area contributed by atoms with Crippen molar-refractivity contribution in [2.45, 2.75) is 20.5 Å². The molecule has 0 aromatic heterocycles. The predicted molar refractivity (Wildman–Crippen MR) is 78.9 cm³/mol. The van der Waals surface area contributed by atoms with Crippen LogP contribution in [0.3, 0.4) is 0 Å². The maximum absolute atomic E-state index is 11.8. The largest absolute Gasteiger partial charge is 0.451 e. The lowest BCUT2D eigenvalue weighted by atomic mass is 9.95. The fourth-order valence-corrected chi connectivity index (χ4v) is 1.73. The van der Waals surface area contributed by atoms with Crippen molar-refractivity contribution in [3.63, 3.8) is 0 Å². The summed E-state index contributed by atoms with van der Waals surface area (Å²) in [6.45, 7) is 3.15. The zero-order valence-corrected chi connectivity index (χ0v) is 13.0. The number of hydrogen-bond donors (Lipinski definition) is 1. The Bertz CT molecular complexity index is 505. The van der Waals surface area contributed by atoms with Gasteiger partial charge in [0.25, 0.3) is 0 Å². The topological polar surface area (TPSA) is 81.7 Å². The third-order valence-corrected chi connectivity index (χ3v) is 3.32. The molecule has 1 N–H and O–H groups in total. The van der Waals surface area contributed by atoms with Crippen LogP contribution in [0.4, 0.5) is 4.79 Å². The summed E-state index contributed by atoms with van der Waals surface area (Å²) in [5, 5.41) is 2.10. The first-order chi connectivity index (χ1) is 9.95. The molecule has 1 aromatic carbocycles. The zero-order valence-electron chi connectivity index (χ0n) is 11.9. The highest BCUT2D eigenvalue weighted by molar-refractivity contribution is 7.10. The standard InChI is InChI=1S/C14H18NO5P/c1-9(10(2)13(17)20-21)12(16)15-14(18)19-8-11-6-4-3-5-7-11/h3-7,9-10H,8,21H2,1-2H3,(H,15,16,18). The minimum absolute atomic E-state index is 0.0670. The van der Waals surface area contributed by atoms with Crippen LogP contribution in [0.15, 0.2) is 30.3 Å². The van der Waals surface area contributed by atoms with Crippen LogP contribution in [0.25, 0.3) is 0 Å². The lowest BCUT2D eigenvalue weighted by Crippen LogP contribution is -2.39. The second-order valence-electron chi connectivity index (χ2n) is 4.57. The van der Waals surface area contributed by atoms with E-state index in [0.717, 1.165) is 5.56 Å². The molecular formula is C14H18NO5P. The van der Waals surface area contributed by atoms with Crippen LogP contribution < -0.4 is 5.32 Å². The summed E-state index contributed by atoms with van der Waals surface area (Å²) in [6.07, 6.45) is -0.845. The summed E-state index contributed by atoms with van der Waals surface area (Å²) in [5.74, 6) is -2.50. The van der Waals surface area contributed by atoms with Gasteiger partial charge in [-0.2, -0.15) is 0 Å². The highest BCUT2D eigenvalue weighted by Crippen LogP contribution is 2.14. The molecule has 0 bridgehead atoms. The van der Waals surface area contributed by atoms with E-state index >= 15 is 0 Å². The van der Waals surface area contributed by atoms with Crippen LogP contribution in [-0.4, -0.2) is 18.0 Å². The minimum atomic E-state index is -0.845. The smallest absolute Gasteiger partial charge is 0.414 e. The van der Waals surface area contributed by atoms with E-state index in [1.807, 2.05) is 27.7 Å². The highest BCUT2D eigenvalue weighted by Gasteiger charge is 2.28. The van der Waals surface area contributed by atoms with Crippen LogP contribution in [0.5, 0.6) is 0 Å². The average molecular weight is 311 g/mol. The number of ether oxygens (including phenoxy) is 1. The SMILES string of the molecule is CC(C(=O)NC(=O)OCc1ccccc1)C(C)C(=O)OP. The van der Waals surface area contributed by atoms with Gasteiger partial charge in [0.1, 0.15) is 6.61 Å². The Balaban J connectivity index is 2.43. The lowest BCUT2D eigenvalue weighted by molar-refractivity contribution is -0.142. The first kappa shape index (κ1) is 17.1. The van der Waals surface area contributed by atoms with E-state index in [2.05, 4.69) is 9.84 Å². The Kier molecular flexibility index (Phi) is 6.82. The monoisotopic (exact) mass is 311 g/mol. The number of alkyl carbamates (subject to hydrolysis) is 1. The molecule has 0 heterocycles. The molecule has 3 atom stereocenters. The van der Waals surface area contributed by atoms with Crippen molar-refractivity contribution in [2.75, 3.05) is 0 Å². The van der Waals surface area contributed by atoms with E-state index in [0.29, 0.717) is 0 Å². The van der Waals surface area contributed by atoms with E-state index in [-0.39, 0.29) is 6.61 Å². The summed E-state index contributed by atoms with van der Waals surface area (Å²) >= 11 is 0. The number of hydrogen-bond acceptors (Lipinski definition) is 5. The molecule has 21 heavy (non-hydrogen) atoms. The van der Waals surface area contributed by atoms with Crippen molar-refractivity contribution in [1.29, 1.82) is 0 Å². The van der Waals surface area contributed by atoms with E-state index in [9.17, 15) is 14.4 Å². The Labute approximate surface area is 125 Å². The molecule has 0 aliphatic carbocycles. The Morgan fingerprint density at radius 2 is 1.76 bits per heavy atom. The fourth-order valence-electron chi connectivity index (χ4n) is 1.51. The average Bonchev–Trinajstić information content (AvgIpc) is 2.51. The molecule has 0 fully saturated rings. The molecule has 114 valence electrons. The molecule has 3 unspecified atom stereocenters. The van der Waals surface area contributed by atoms with Crippen molar-refractivity contribution in [3.05, 3.63) is 35.9 Å². The summed E-state index contributed by atoms with van der Waals surface area (Å²) in [6, 6.07) is 9.09. The molecule has 0 saturated carbocycles. The summed E-state index contributed by atoms with van der Waals surface area (Å²) < 4.78 is 9.40. The van der Waals surface area contributed by atoms with Crippen LogP contribution in [0, 0.1) is 11.8 Å². The first-order valence-corrected chi connectivity index (χ1v) is 6.85. The fraction of sp³-hybridized carbons (Fsp3) is 0.357. The lowest BCUT2D eigenvalue weighted by Gasteiger charge is -2.16. The third kappa shape index (κ3) is 5.52.